The highest BCUT2D eigenvalue weighted by atomic mass is 35.5. The van der Waals surface area contributed by atoms with Crippen LogP contribution in [0.4, 0.5) is 4.39 Å². The zero-order valence-electron chi connectivity index (χ0n) is 12.0. The van der Waals surface area contributed by atoms with Gasteiger partial charge in [-0.05, 0) is 38.3 Å². The molecule has 2 rings (SSSR count). The van der Waals surface area contributed by atoms with Crippen molar-refractivity contribution in [3.63, 3.8) is 0 Å². The van der Waals surface area contributed by atoms with Crippen molar-refractivity contribution in [1.29, 1.82) is 0 Å². The van der Waals surface area contributed by atoms with Gasteiger partial charge in [-0.25, -0.2) is 4.39 Å². The van der Waals surface area contributed by atoms with E-state index in [9.17, 15) is 14.0 Å². The molecule has 0 bridgehead atoms. The first kappa shape index (κ1) is 17.0. The molecular formula is C15H17Cl2FN2O2. The molecular weight excluding hydrogens is 330 g/mol. The first-order valence-electron chi connectivity index (χ1n) is 7.03. The summed E-state index contributed by atoms with van der Waals surface area (Å²) in [6.07, 6.45) is 1.65. The molecule has 1 saturated carbocycles. The fourth-order valence-corrected chi connectivity index (χ4v) is 3.29. The number of amides is 2. The molecule has 1 aromatic carbocycles. The van der Waals surface area contributed by atoms with Crippen molar-refractivity contribution in [3.05, 3.63) is 33.6 Å². The molecule has 1 fully saturated rings. The first-order chi connectivity index (χ1) is 10.3. The number of nitrogens with two attached hydrogens (primary N) is 1. The summed E-state index contributed by atoms with van der Waals surface area (Å²) in [7, 11) is 0. The lowest BCUT2D eigenvalue weighted by atomic mass is 10.0. The summed E-state index contributed by atoms with van der Waals surface area (Å²) in [6, 6.07) is 2.18. The van der Waals surface area contributed by atoms with E-state index in [4.69, 9.17) is 28.9 Å². The van der Waals surface area contributed by atoms with Gasteiger partial charge in [0.15, 0.2) is 0 Å². The third-order valence-corrected chi connectivity index (χ3v) is 4.55. The Hall–Kier alpha value is -1.33. The van der Waals surface area contributed by atoms with Gasteiger partial charge in [0, 0.05) is 22.4 Å². The molecule has 3 N–H and O–H groups in total. The molecule has 4 nitrogen and oxygen atoms in total. The topological polar surface area (TPSA) is 72.2 Å². The van der Waals surface area contributed by atoms with Crippen molar-refractivity contribution < 1.29 is 14.0 Å². The number of carbonyl (C=O) groups is 2. The van der Waals surface area contributed by atoms with Crippen molar-refractivity contribution in [3.8, 4) is 0 Å². The monoisotopic (exact) mass is 346 g/mol. The number of rotatable bonds is 4. The Kier molecular flexibility index (Phi) is 5.29. The van der Waals surface area contributed by atoms with Crippen molar-refractivity contribution in [2.45, 2.75) is 32.2 Å². The molecule has 1 aliphatic rings. The predicted molar refractivity (Wildman–Crippen MR) is 83.0 cm³/mol. The summed E-state index contributed by atoms with van der Waals surface area (Å²) >= 11 is 11.6. The van der Waals surface area contributed by atoms with Crippen molar-refractivity contribution >= 4 is 35.0 Å². The van der Waals surface area contributed by atoms with Gasteiger partial charge >= 0.3 is 0 Å². The Bertz CT molecular complexity index is 609. The Morgan fingerprint density at radius 1 is 1.32 bits per heavy atom. The molecule has 120 valence electrons. The van der Waals surface area contributed by atoms with E-state index in [0.717, 1.165) is 0 Å². The predicted octanol–water partition coefficient (Wildman–Crippen LogP) is 3.21. The maximum absolute atomic E-state index is 14.0. The fraction of sp³-hybridized carbons (Fsp3) is 0.467. The van der Waals surface area contributed by atoms with Gasteiger partial charge in [0.05, 0.1) is 11.1 Å². The summed E-state index contributed by atoms with van der Waals surface area (Å²) < 4.78 is 14.0. The summed E-state index contributed by atoms with van der Waals surface area (Å²) in [5, 5.41) is 2.96. The lowest BCUT2D eigenvalue weighted by Crippen LogP contribution is -2.32. The molecule has 1 aliphatic carbocycles. The molecule has 0 aromatic heterocycles. The minimum absolute atomic E-state index is 0.0849. The van der Waals surface area contributed by atoms with Gasteiger partial charge < -0.3 is 11.1 Å². The number of halogens is 3. The van der Waals surface area contributed by atoms with Gasteiger partial charge in [-0.15, -0.1) is 0 Å². The van der Waals surface area contributed by atoms with Crippen LogP contribution in [-0.2, 0) is 9.59 Å². The minimum atomic E-state index is -0.597. The molecule has 2 amide bonds. The first-order valence-corrected chi connectivity index (χ1v) is 7.79. The van der Waals surface area contributed by atoms with Crippen molar-refractivity contribution in [1.82, 2.24) is 5.32 Å². The van der Waals surface area contributed by atoms with E-state index in [1.54, 1.807) is 6.92 Å². The van der Waals surface area contributed by atoms with Crippen molar-refractivity contribution in [2.75, 3.05) is 0 Å². The second kappa shape index (κ2) is 6.84. The van der Waals surface area contributed by atoms with E-state index in [2.05, 4.69) is 5.32 Å². The molecule has 3 atom stereocenters. The van der Waals surface area contributed by atoms with Gasteiger partial charge in [0.2, 0.25) is 11.8 Å². The Morgan fingerprint density at radius 3 is 2.55 bits per heavy atom. The number of primary amides is 1. The smallest absolute Gasteiger partial charge is 0.223 e. The van der Waals surface area contributed by atoms with Gasteiger partial charge in [-0.2, -0.15) is 0 Å². The maximum atomic E-state index is 14.0. The molecule has 22 heavy (non-hydrogen) atoms. The van der Waals surface area contributed by atoms with Crippen LogP contribution in [0.1, 0.15) is 37.8 Å². The van der Waals surface area contributed by atoms with E-state index < -0.39 is 11.9 Å². The van der Waals surface area contributed by atoms with E-state index in [-0.39, 0.29) is 34.2 Å². The van der Waals surface area contributed by atoms with Gasteiger partial charge in [-0.1, -0.05) is 23.2 Å². The molecule has 0 saturated heterocycles. The third kappa shape index (κ3) is 3.70. The second-order valence-corrected chi connectivity index (χ2v) is 6.47. The van der Waals surface area contributed by atoms with Crippen LogP contribution in [0.25, 0.3) is 0 Å². The van der Waals surface area contributed by atoms with Crippen molar-refractivity contribution in [2.24, 2.45) is 17.6 Å². The highest BCUT2D eigenvalue weighted by Gasteiger charge is 2.33. The molecule has 0 spiro atoms. The fourth-order valence-electron chi connectivity index (χ4n) is 2.78. The highest BCUT2D eigenvalue weighted by Crippen LogP contribution is 2.32. The summed E-state index contributed by atoms with van der Waals surface area (Å²) in [6.45, 7) is 1.66. The molecule has 1 unspecified atom stereocenters. The molecule has 7 heteroatoms. The third-order valence-electron chi connectivity index (χ3n) is 4.05. The Morgan fingerprint density at radius 2 is 1.95 bits per heavy atom. The van der Waals surface area contributed by atoms with Gasteiger partial charge in [0.25, 0.3) is 0 Å². The average Bonchev–Trinajstić information content (AvgIpc) is 2.92. The average molecular weight is 347 g/mol. The van der Waals surface area contributed by atoms with Crippen LogP contribution >= 0.6 is 23.2 Å². The number of hydrogen-bond donors (Lipinski definition) is 2. The largest absolute Gasteiger partial charge is 0.369 e. The highest BCUT2D eigenvalue weighted by molar-refractivity contribution is 6.34. The van der Waals surface area contributed by atoms with E-state index in [1.807, 2.05) is 0 Å². The molecule has 0 aliphatic heterocycles. The lowest BCUT2D eigenvalue weighted by molar-refractivity contribution is -0.125. The maximum Gasteiger partial charge on any atom is 0.223 e. The number of carbonyl (C=O) groups excluding carboxylic acids is 2. The molecule has 0 radical (unpaired) electrons. The van der Waals surface area contributed by atoms with E-state index in [0.29, 0.717) is 24.3 Å². The second-order valence-electron chi connectivity index (χ2n) is 5.63. The number of hydrogen-bond acceptors (Lipinski definition) is 2. The van der Waals surface area contributed by atoms with E-state index in [1.165, 1.54) is 12.1 Å². The minimum Gasteiger partial charge on any atom is -0.369 e. The number of benzene rings is 1. The van der Waals surface area contributed by atoms with Crippen LogP contribution in [0, 0.1) is 17.7 Å². The number of nitrogens with one attached hydrogen (secondary N) is 1. The Labute approximate surface area is 138 Å². The summed E-state index contributed by atoms with van der Waals surface area (Å²) in [4.78, 5) is 23.4. The molecule has 1 aromatic rings. The van der Waals surface area contributed by atoms with E-state index >= 15 is 0 Å². The van der Waals surface area contributed by atoms with Crippen LogP contribution in [0.2, 0.25) is 10.0 Å². The standard InChI is InChI=1S/C15H17Cl2FN2O2/c1-7(11-5-10(16)6-12(17)13(11)18)20-15(22)9-3-2-8(4-9)14(19)21/h5-9H,2-4H2,1H3,(H2,19,21)(H,20,22)/t7?,8-,9+/m0/s1. The quantitative estimate of drug-likeness (QED) is 0.821. The van der Waals surface area contributed by atoms with Crippen LogP contribution in [0.15, 0.2) is 12.1 Å². The van der Waals surface area contributed by atoms with Crippen LogP contribution < -0.4 is 11.1 Å². The van der Waals surface area contributed by atoms with Crippen LogP contribution in [0.5, 0.6) is 0 Å². The lowest BCUT2D eigenvalue weighted by Gasteiger charge is -2.18. The van der Waals surface area contributed by atoms with Gasteiger partial charge in [0.1, 0.15) is 5.82 Å². The summed E-state index contributed by atoms with van der Waals surface area (Å²) in [5.41, 5.74) is 5.49. The Balaban J connectivity index is 2.05. The summed E-state index contributed by atoms with van der Waals surface area (Å²) in [5.74, 6) is -1.73. The zero-order valence-corrected chi connectivity index (χ0v) is 13.5. The molecule has 0 heterocycles. The zero-order chi connectivity index (χ0) is 16.4. The van der Waals surface area contributed by atoms with Crippen LogP contribution in [-0.4, -0.2) is 11.8 Å². The van der Waals surface area contributed by atoms with Crippen LogP contribution in [0.3, 0.4) is 0 Å². The normalized spacial score (nSPS) is 22.4. The SMILES string of the molecule is CC(NC(=O)[C@@H]1CC[C@H](C(N)=O)C1)c1cc(Cl)cc(Cl)c1F. The van der Waals surface area contributed by atoms with Gasteiger partial charge in [-0.3, -0.25) is 9.59 Å².